The molecule has 7 heteroatoms. The van der Waals surface area contributed by atoms with E-state index >= 15 is 0 Å². The Bertz CT molecular complexity index is 957. The molecule has 0 radical (unpaired) electrons. The first kappa shape index (κ1) is 15.6. The number of benzene rings is 1. The van der Waals surface area contributed by atoms with Crippen LogP contribution in [0.4, 0.5) is 4.39 Å². The number of H-pyrrole nitrogens is 1. The lowest BCUT2D eigenvalue weighted by Crippen LogP contribution is -2.35. The average Bonchev–Trinajstić information content (AvgIpc) is 2.62. The van der Waals surface area contributed by atoms with Crippen molar-refractivity contribution >= 4 is 0 Å². The molecule has 0 unspecified atom stereocenters. The highest BCUT2D eigenvalue weighted by molar-refractivity contribution is 5.47. The highest BCUT2D eigenvalue weighted by Gasteiger charge is 2.21. The zero-order valence-corrected chi connectivity index (χ0v) is 13.4. The molecule has 1 aliphatic heterocycles. The summed E-state index contributed by atoms with van der Waals surface area (Å²) in [4.78, 5) is 30.1. The third-order valence-corrected chi connectivity index (χ3v) is 4.25. The molecule has 0 bridgehead atoms. The van der Waals surface area contributed by atoms with Crippen molar-refractivity contribution in [1.82, 2.24) is 24.8 Å². The van der Waals surface area contributed by atoms with Crippen molar-refractivity contribution in [2.24, 2.45) is 0 Å². The number of aromatic amines is 1. The van der Waals surface area contributed by atoms with Gasteiger partial charge in [-0.1, -0.05) is 12.1 Å². The molecule has 25 heavy (non-hydrogen) atoms. The second-order valence-corrected chi connectivity index (χ2v) is 6.02. The lowest BCUT2D eigenvalue weighted by atomic mass is 10.1. The molecule has 126 valence electrons. The molecule has 3 aromatic rings. The summed E-state index contributed by atoms with van der Waals surface area (Å²) in [5.41, 5.74) is 2.76. The number of hydrogen-bond donors (Lipinski definition) is 1. The van der Waals surface area contributed by atoms with Crippen molar-refractivity contribution < 1.29 is 4.39 Å². The molecular weight excluding hydrogens is 321 g/mol. The van der Waals surface area contributed by atoms with Gasteiger partial charge in [0.05, 0.1) is 11.9 Å². The normalized spacial score (nSPS) is 14.3. The third-order valence-electron chi connectivity index (χ3n) is 4.25. The minimum atomic E-state index is -0.241. The van der Waals surface area contributed by atoms with Crippen molar-refractivity contribution in [3.8, 4) is 11.5 Å². The molecule has 1 aliphatic rings. The van der Waals surface area contributed by atoms with Gasteiger partial charge in [0.15, 0.2) is 5.82 Å². The maximum atomic E-state index is 13.4. The van der Waals surface area contributed by atoms with E-state index in [1.54, 1.807) is 24.7 Å². The Morgan fingerprint density at radius 2 is 2.20 bits per heavy atom. The molecular formula is C18H16FN5O. The summed E-state index contributed by atoms with van der Waals surface area (Å²) in [6.07, 6.45) is 5.32. The number of halogens is 1. The summed E-state index contributed by atoms with van der Waals surface area (Å²) in [5, 5.41) is 0. The Morgan fingerprint density at radius 1 is 1.28 bits per heavy atom. The summed E-state index contributed by atoms with van der Waals surface area (Å²) in [5.74, 6) is 0.180. The van der Waals surface area contributed by atoms with Crippen molar-refractivity contribution in [3.63, 3.8) is 0 Å². The van der Waals surface area contributed by atoms with Crippen LogP contribution < -0.4 is 5.56 Å². The minimum Gasteiger partial charge on any atom is -0.305 e. The Labute approximate surface area is 143 Å². The SMILES string of the molecule is O=c1[nH]c(-c2cnccn2)nc2c1CCN(Cc1cccc(F)c1)C2. The first-order valence-electron chi connectivity index (χ1n) is 8.04. The van der Waals surface area contributed by atoms with Crippen LogP contribution in [0, 0.1) is 5.82 Å². The monoisotopic (exact) mass is 337 g/mol. The number of hydrogen-bond acceptors (Lipinski definition) is 5. The van der Waals surface area contributed by atoms with E-state index in [1.165, 1.54) is 12.1 Å². The second-order valence-electron chi connectivity index (χ2n) is 6.02. The van der Waals surface area contributed by atoms with Gasteiger partial charge in [-0.15, -0.1) is 0 Å². The molecule has 0 saturated carbocycles. The van der Waals surface area contributed by atoms with Crippen LogP contribution in [-0.4, -0.2) is 31.4 Å². The molecule has 2 aromatic heterocycles. The predicted molar refractivity (Wildman–Crippen MR) is 90.1 cm³/mol. The highest BCUT2D eigenvalue weighted by atomic mass is 19.1. The van der Waals surface area contributed by atoms with E-state index in [9.17, 15) is 9.18 Å². The number of aromatic nitrogens is 4. The molecule has 0 amide bonds. The van der Waals surface area contributed by atoms with Crippen LogP contribution in [0.1, 0.15) is 16.8 Å². The summed E-state index contributed by atoms with van der Waals surface area (Å²) in [6.45, 7) is 1.90. The van der Waals surface area contributed by atoms with Crippen molar-refractivity contribution in [3.05, 3.63) is 75.8 Å². The topological polar surface area (TPSA) is 74.8 Å². The van der Waals surface area contributed by atoms with Gasteiger partial charge in [0.25, 0.3) is 5.56 Å². The van der Waals surface area contributed by atoms with E-state index in [1.807, 2.05) is 6.07 Å². The largest absolute Gasteiger partial charge is 0.305 e. The quantitative estimate of drug-likeness (QED) is 0.790. The van der Waals surface area contributed by atoms with Crippen molar-refractivity contribution in [2.45, 2.75) is 19.5 Å². The molecule has 0 atom stereocenters. The van der Waals surface area contributed by atoms with Crippen LogP contribution in [0.5, 0.6) is 0 Å². The van der Waals surface area contributed by atoms with Gasteiger partial charge in [-0.05, 0) is 24.1 Å². The van der Waals surface area contributed by atoms with E-state index in [2.05, 4.69) is 24.8 Å². The molecule has 0 aliphatic carbocycles. The van der Waals surface area contributed by atoms with Gasteiger partial charge in [0, 0.05) is 37.6 Å². The summed E-state index contributed by atoms with van der Waals surface area (Å²) >= 11 is 0. The van der Waals surface area contributed by atoms with E-state index in [0.29, 0.717) is 36.6 Å². The molecule has 0 saturated heterocycles. The molecule has 0 spiro atoms. The first-order chi connectivity index (χ1) is 12.2. The fraction of sp³-hybridized carbons (Fsp3) is 0.222. The second kappa shape index (κ2) is 6.52. The van der Waals surface area contributed by atoms with Crippen LogP contribution in [0.15, 0.2) is 47.7 Å². The predicted octanol–water partition coefficient (Wildman–Crippen LogP) is 1.92. The van der Waals surface area contributed by atoms with E-state index in [0.717, 1.165) is 17.8 Å². The first-order valence-corrected chi connectivity index (χ1v) is 8.04. The molecule has 0 fully saturated rings. The van der Waals surface area contributed by atoms with Gasteiger partial charge in [0.2, 0.25) is 0 Å². The molecule has 4 rings (SSSR count). The Hall–Kier alpha value is -2.93. The zero-order chi connectivity index (χ0) is 17.2. The lowest BCUT2D eigenvalue weighted by molar-refractivity contribution is 0.240. The van der Waals surface area contributed by atoms with Gasteiger partial charge in [-0.3, -0.25) is 14.7 Å². The Kier molecular flexibility index (Phi) is 4.07. The molecule has 6 nitrogen and oxygen atoms in total. The van der Waals surface area contributed by atoms with Gasteiger partial charge in [0.1, 0.15) is 11.5 Å². The highest BCUT2D eigenvalue weighted by Crippen LogP contribution is 2.19. The fourth-order valence-corrected chi connectivity index (χ4v) is 3.06. The minimum absolute atomic E-state index is 0.129. The fourth-order valence-electron chi connectivity index (χ4n) is 3.06. The third kappa shape index (κ3) is 3.32. The molecule has 1 aromatic carbocycles. The van der Waals surface area contributed by atoms with Crippen molar-refractivity contribution in [1.29, 1.82) is 0 Å². The Morgan fingerprint density at radius 3 is 3.00 bits per heavy atom. The van der Waals surface area contributed by atoms with Crippen LogP contribution in [0.25, 0.3) is 11.5 Å². The maximum absolute atomic E-state index is 13.4. The number of rotatable bonds is 3. The van der Waals surface area contributed by atoms with Crippen molar-refractivity contribution in [2.75, 3.05) is 6.54 Å². The average molecular weight is 337 g/mol. The maximum Gasteiger partial charge on any atom is 0.254 e. The van der Waals surface area contributed by atoms with E-state index < -0.39 is 0 Å². The summed E-state index contributed by atoms with van der Waals surface area (Å²) in [6, 6.07) is 6.57. The van der Waals surface area contributed by atoms with E-state index in [-0.39, 0.29) is 11.4 Å². The van der Waals surface area contributed by atoms with Crippen LogP contribution in [0.3, 0.4) is 0 Å². The van der Waals surface area contributed by atoms with Crippen LogP contribution in [-0.2, 0) is 19.5 Å². The van der Waals surface area contributed by atoms with Crippen LogP contribution in [0.2, 0.25) is 0 Å². The number of nitrogens with one attached hydrogen (secondary N) is 1. The molecule has 1 N–H and O–H groups in total. The Balaban J connectivity index is 1.61. The number of nitrogens with zero attached hydrogens (tertiary/aromatic N) is 4. The van der Waals surface area contributed by atoms with Gasteiger partial charge in [-0.2, -0.15) is 0 Å². The van der Waals surface area contributed by atoms with Crippen LogP contribution >= 0.6 is 0 Å². The summed E-state index contributed by atoms with van der Waals surface area (Å²) in [7, 11) is 0. The van der Waals surface area contributed by atoms with Gasteiger partial charge in [-0.25, -0.2) is 14.4 Å². The van der Waals surface area contributed by atoms with E-state index in [4.69, 9.17) is 0 Å². The standard InChI is InChI=1S/C18H16FN5O/c19-13-3-1-2-12(8-13)10-24-7-4-14-16(11-24)22-17(23-18(14)25)15-9-20-5-6-21-15/h1-3,5-6,8-9H,4,7,10-11H2,(H,22,23,25). The van der Waals surface area contributed by atoms with Gasteiger partial charge >= 0.3 is 0 Å². The smallest absolute Gasteiger partial charge is 0.254 e. The van der Waals surface area contributed by atoms with Gasteiger partial charge < -0.3 is 4.98 Å². The number of fused-ring (bicyclic) bond motifs is 1. The lowest BCUT2D eigenvalue weighted by Gasteiger charge is -2.27. The molecule has 3 heterocycles. The summed E-state index contributed by atoms with van der Waals surface area (Å²) < 4.78 is 13.4. The zero-order valence-electron chi connectivity index (χ0n) is 13.4.